The Kier molecular flexibility index (Phi) is 6.65. The van der Waals surface area contributed by atoms with Crippen LogP contribution in [0.2, 0.25) is 0 Å². The molecule has 1 unspecified atom stereocenters. The molecule has 0 aromatic heterocycles. The van der Waals surface area contributed by atoms with E-state index in [1.807, 2.05) is 48.5 Å². The smallest absolute Gasteiger partial charge is 0.253 e. The van der Waals surface area contributed by atoms with Crippen LogP contribution in [0, 0.1) is 5.92 Å². The zero-order chi connectivity index (χ0) is 20.8. The summed E-state index contributed by atoms with van der Waals surface area (Å²) in [6, 6.07) is 18.4. The summed E-state index contributed by atoms with van der Waals surface area (Å²) < 4.78 is 0. The largest absolute Gasteiger partial charge is 0.347 e. The quantitative estimate of drug-likeness (QED) is 0.785. The van der Waals surface area contributed by atoms with E-state index in [2.05, 4.69) is 0 Å². The van der Waals surface area contributed by atoms with Crippen LogP contribution in [0.1, 0.15) is 23.2 Å². The zero-order valence-electron chi connectivity index (χ0n) is 17.0. The highest BCUT2D eigenvalue weighted by atomic mass is 16.2. The Labute approximate surface area is 171 Å². The number of carbonyl (C=O) groups excluding carboxylic acids is 3. The monoisotopic (exact) mass is 393 g/mol. The van der Waals surface area contributed by atoms with Crippen LogP contribution >= 0.6 is 0 Å². The molecule has 1 aliphatic heterocycles. The summed E-state index contributed by atoms with van der Waals surface area (Å²) in [5.74, 6) is -0.641. The topological polar surface area (TPSA) is 60.9 Å². The summed E-state index contributed by atoms with van der Waals surface area (Å²) in [6.45, 7) is 0.991. The molecule has 1 aliphatic rings. The number of piperidine rings is 1. The van der Waals surface area contributed by atoms with Crippen molar-refractivity contribution in [2.24, 2.45) is 5.92 Å². The number of nitrogens with zero attached hydrogens (tertiary/aromatic N) is 3. The number of hydrogen-bond donors (Lipinski definition) is 0. The molecule has 2 aromatic rings. The molecule has 29 heavy (non-hydrogen) atoms. The van der Waals surface area contributed by atoms with Crippen molar-refractivity contribution >= 4 is 23.4 Å². The van der Waals surface area contributed by atoms with Crippen molar-refractivity contribution < 1.29 is 14.4 Å². The molecule has 3 rings (SSSR count). The summed E-state index contributed by atoms with van der Waals surface area (Å²) in [4.78, 5) is 43.3. The van der Waals surface area contributed by atoms with Gasteiger partial charge in [0.05, 0.1) is 5.92 Å². The maximum absolute atomic E-state index is 13.4. The highest BCUT2D eigenvalue weighted by Gasteiger charge is 2.33. The van der Waals surface area contributed by atoms with Gasteiger partial charge in [-0.1, -0.05) is 36.4 Å². The molecule has 0 bridgehead atoms. The van der Waals surface area contributed by atoms with Gasteiger partial charge in [0.2, 0.25) is 11.8 Å². The molecule has 1 atom stereocenters. The SMILES string of the molecule is CN(C)C(=O)CN(C(=O)C1CCCN(C(=O)c2ccccc2)C1)c1ccccc1. The fourth-order valence-electron chi connectivity index (χ4n) is 3.53. The van der Waals surface area contributed by atoms with Crippen molar-refractivity contribution in [1.29, 1.82) is 0 Å². The van der Waals surface area contributed by atoms with Crippen molar-refractivity contribution in [3.63, 3.8) is 0 Å². The lowest BCUT2D eigenvalue weighted by Crippen LogP contribution is -2.49. The molecule has 0 spiro atoms. The van der Waals surface area contributed by atoms with Crippen molar-refractivity contribution in [1.82, 2.24) is 9.80 Å². The fourth-order valence-corrected chi connectivity index (χ4v) is 3.53. The van der Waals surface area contributed by atoms with Crippen molar-refractivity contribution in [2.45, 2.75) is 12.8 Å². The van der Waals surface area contributed by atoms with Crippen molar-refractivity contribution in [3.8, 4) is 0 Å². The average Bonchev–Trinajstić information content (AvgIpc) is 2.77. The normalized spacial score (nSPS) is 16.2. The van der Waals surface area contributed by atoms with Gasteiger partial charge < -0.3 is 14.7 Å². The Balaban J connectivity index is 1.78. The Hall–Kier alpha value is -3.15. The van der Waals surface area contributed by atoms with Gasteiger partial charge in [-0.25, -0.2) is 0 Å². The molecule has 0 saturated carbocycles. The summed E-state index contributed by atoms with van der Waals surface area (Å²) in [7, 11) is 3.35. The fraction of sp³-hybridized carbons (Fsp3) is 0.348. The molecule has 1 fully saturated rings. The Morgan fingerprint density at radius 3 is 2.21 bits per heavy atom. The van der Waals surface area contributed by atoms with E-state index in [9.17, 15) is 14.4 Å². The minimum absolute atomic E-state index is 0.0149. The molecular formula is C23H27N3O3. The predicted molar refractivity (Wildman–Crippen MR) is 113 cm³/mol. The van der Waals surface area contributed by atoms with Gasteiger partial charge in [-0.2, -0.15) is 0 Å². The molecule has 2 aromatic carbocycles. The molecule has 0 radical (unpaired) electrons. The Morgan fingerprint density at radius 2 is 1.59 bits per heavy atom. The third kappa shape index (κ3) is 5.02. The van der Waals surface area contributed by atoms with Crippen LogP contribution < -0.4 is 4.90 Å². The summed E-state index contributed by atoms with van der Waals surface area (Å²) in [6.07, 6.45) is 1.47. The number of para-hydroxylation sites is 1. The standard InChI is InChI=1S/C23H27N3O3/c1-24(2)21(27)17-26(20-13-7-4-8-14-20)23(29)19-12-9-15-25(16-19)22(28)18-10-5-3-6-11-18/h3-8,10-11,13-14,19H,9,12,15-17H2,1-2H3. The molecule has 6 nitrogen and oxygen atoms in total. The number of benzene rings is 2. The number of likely N-dealkylation sites (tertiary alicyclic amines) is 1. The van der Waals surface area contributed by atoms with E-state index in [-0.39, 0.29) is 30.2 Å². The van der Waals surface area contributed by atoms with Gasteiger partial charge in [-0.05, 0) is 37.1 Å². The number of hydrogen-bond acceptors (Lipinski definition) is 3. The summed E-state index contributed by atoms with van der Waals surface area (Å²) >= 11 is 0. The van der Waals surface area contributed by atoms with Gasteiger partial charge >= 0.3 is 0 Å². The molecular weight excluding hydrogens is 366 g/mol. The van der Waals surface area contributed by atoms with Gasteiger partial charge in [-0.15, -0.1) is 0 Å². The molecule has 0 N–H and O–H groups in total. The van der Waals surface area contributed by atoms with Crippen LogP contribution in [-0.2, 0) is 9.59 Å². The molecule has 0 aliphatic carbocycles. The Bertz CT molecular complexity index is 852. The van der Waals surface area contributed by atoms with E-state index >= 15 is 0 Å². The van der Waals surface area contributed by atoms with Crippen molar-refractivity contribution in [3.05, 3.63) is 66.2 Å². The highest BCUT2D eigenvalue weighted by Crippen LogP contribution is 2.24. The molecule has 1 heterocycles. The number of amides is 3. The molecule has 6 heteroatoms. The first kappa shape index (κ1) is 20.6. The van der Waals surface area contributed by atoms with Gasteiger partial charge in [0, 0.05) is 38.4 Å². The predicted octanol–water partition coefficient (Wildman–Crippen LogP) is 2.66. The molecule has 1 saturated heterocycles. The number of carbonyl (C=O) groups is 3. The lowest BCUT2D eigenvalue weighted by molar-refractivity contribution is -0.130. The second-order valence-corrected chi connectivity index (χ2v) is 7.50. The lowest BCUT2D eigenvalue weighted by atomic mass is 9.95. The maximum Gasteiger partial charge on any atom is 0.253 e. The average molecular weight is 393 g/mol. The minimum Gasteiger partial charge on any atom is -0.347 e. The van der Waals surface area contributed by atoms with Crippen LogP contribution in [0.25, 0.3) is 0 Å². The van der Waals surface area contributed by atoms with E-state index < -0.39 is 0 Å². The number of likely N-dealkylation sites (N-methyl/N-ethyl adjacent to an activating group) is 1. The van der Waals surface area contributed by atoms with Crippen molar-refractivity contribution in [2.75, 3.05) is 38.6 Å². The van der Waals surface area contributed by atoms with Crippen LogP contribution in [0.3, 0.4) is 0 Å². The van der Waals surface area contributed by atoms with E-state index in [4.69, 9.17) is 0 Å². The van der Waals surface area contributed by atoms with Crippen LogP contribution in [-0.4, -0.2) is 61.3 Å². The summed E-state index contributed by atoms with van der Waals surface area (Å²) in [5.41, 5.74) is 1.32. The number of rotatable bonds is 5. The first-order chi connectivity index (χ1) is 14.0. The van der Waals surface area contributed by atoms with Gasteiger partial charge in [0.1, 0.15) is 6.54 Å². The minimum atomic E-state index is -0.327. The third-order valence-electron chi connectivity index (χ3n) is 5.20. The Morgan fingerprint density at radius 1 is 0.966 bits per heavy atom. The van der Waals surface area contributed by atoms with Crippen LogP contribution in [0.5, 0.6) is 0 Å². The first-order valence-electron chi connectivity index (χ1n) is 9.88. The van der Waals surface area contributed by atoms with Crippen LogP contribution in [0.4, 0.5) is 5.69 Å². The molecule has 152 valence electrons. The lowest BCUT2D eigenvalue weighted by Gasteiger charge is -2.35. The van der Waals surface area contributed by atoms with Crippen LogP contribution in [0.15, 0.2) is 60.7 Å². The number of anilines is 1. The maximum atomic E-state index is 13.4. The van der Waals surface area contributed by atoms with E-state index in [0.29, 0.717) is 30.8 Å². The van der Waals surface area contributed by atoms with Gasteiger partial charge in [0.25, 0.3) is 5.91 Å². The zero-order valence-corrected chi connectivity index (χ0v) is 17.0. The highest BCUT2D eigenvalue weighted by molar-refractivity contribution is 6.00. The van der Waals surface area contributed by atoms with Gasteiger partial charge in [0.15, 0.2) is 0 Å². The molecule has 3 amide bonds. The van der Waals surface area contributed by atoms with E-state index in [1.54, 1.807) is 36.0 Å². The third-order valence-corrected chi connectivity index (χ3v) is 5.20. The first-order valence-corrected chi connectivity index (χ1v) is 9.88. The van der Waals surface area contributed by atoms with Gasteiger partial charge in [-0.3, -0.25) is 14.4 Å². The van der Waals surface area contributed by atoms with E-state index in [0.717, 1.165) is 6.42 Å². The second kappa shape index (κ2) is 9.37. The van der Waals surface area contributed by atoms with E-state index in [1.165, 1.54) is 4.90 Å². The summed E-state index contributed by atoms with van der Waals surface area (Å²) in [5, 5.41) is 0. The second-order valence-electron chi connectivity index (χ2n) is 7.50.